The normalized spacial score (nSPS) is 10.8. The smallest absolute Gasteiger partial charge is 0.131 e. The molecule has 92 valence electrons. The zero-order chi connectivity index (χ0) is 12.4. The maximum atomic E-state index is 5.80. The van der Waals surface area contributed by atoms with Crippen LogP contribution in [0.5, 0.6) is 0 Å². The molecule has 0 fully saturated rings. The van der Waals surface area contributed by atoms with Gasteiger partial charge < -0.3 is 10.6 Å². The van der Waals surface area contributed by atoms with E-state index in [9.17, 15) is 0 Å². The van der Waals surface area contributed by atoms with Gasteiger partial charge in [-0.3, -0.25) is 4.68 Å². The van der Waals surface area contributed by atoms with E-state index in [1.54, 1.807) is 11.3 Å². The first-order valence-electron chi connectivity index (χ1n) is 5.59. The third-order valence-corrected chi connectivity index (χ3v) is 3.71. The van der Waals surface area contributed by atoms with Crippen LogP contribution in [0.3, 0.4) is 0 Å². The number of rotatable bonds is 4. The molecular weight excluding hydrogens is 232 g/mol. The molecule has 0 radical (unpaired) electrons. The fourth-order valence-electron chi connectivity index (χ4n) is 2.12. The number of anilines is 1. The molecule has 0 atom stereocenters. The largest absolute Gasteiger partial charge is 0.354 e. The summed E-state index contributed by atoms with van der Waals surface area (Å²) in [5.41, 5.74) is 7.95. The molecule has 0 aliphatic heterocycles. The maximum absolute atomic E-state index is 5.80. The molecular formula is C12H18N4S. The van der Waals surface area contributed by atoms with Crippen molar-refractivity contribution in [2.75, 3.05) is 11.9 Å². The van der Waals surface area contributed by atoms with Crippen LogP contribution in [0.1, 0.15) is 16.1 Å². The predicted molar refractivity (Wildman–Crippen MR) is 72.3 cm³/mol. The Hall–Kier alpha value is -1.33. The van der Waals surface area contributed by atoms with Crippen molar-refractivity contribution >= 4 is 17.2 Å². The highest BCUT2D eigenvalue weighted by molar-refractivity contribution is 7.09. The molecule has 2 N–H and O–H groups in total. The number of nitrogens with two attached hydrogens (primary N) is 1. The molecule has 0 aliphatic rings. The molecule has 0 unspecified atom stereocenters. The number of hydrogen-bond donors (Lipinski definition) is 1. The predicted octanol–water partition coefficient (Wildman–Crippen LogP) is 1.89. The Bertz CT molecular complexity index is 487. The minimum Gasteiger partial charge on any atom is -0.354 e. The SMILES string of the molecule is Cc1nn(C)c(N(C)Cc2cccs2)c1CN. The monoisotopic (exact) mass is 250 g/mol. The van der Waals surface area contributed by atoms with Crippen LogP contribution < -0.4 is 10.6 Å². The zero-order valence-electron chi connectivity index (χ0n) is 10.5. The Morgan fingerprint density at radius 1 is 1.53 bits per heavy atom. The Labute approximate surface area is 106 Å². The van der Waals surface area contributed by atoms with E-state index in [4.69, 9.17) is 5.73 Å². The third-order valence-electron chi connectivity index (χ3n) is 2.85. The second-order valence-electron chi connectivity index (χ2n) is 4.15. The summed E-state index contributed by atoms with van der Waals surface area (Å²) < 4.78 is 1.91. The molecule has 2 rings (SSSR count). The molecule has 5 heteroatoms. The number of hydrogen-bond acceptors (Lipinski definition) is 4. The van der Waals surface area contributed by atoms with Gasteiger partial charge in [-0.1, -0.05) is 6.07 Å². The van der Waals surface area contributed by atoms with E-state index in [0.29, 0.717) is 6.54 Å². The van der Waals surface area contributed by atoms with Crippen LogP contribution in [-0.2, 0) is 20.1 Å². The summed E-state index contributed by atoms with van der Waals surface area (Å²) in [6.07, 6.45) is 0. The van der Waals surface area contributed by atoms with E-state index in [2.05, 4.69) is 34.6 Å². The van der Waals surface area contributed by atoms with E-state index >= 15 is 0 Å². The van der Waals surface area contributed by atoms with Crippen molar-refractivity contribution in [2.45, 2.75) is 20.0 Å². The highest BCUT2D eigenvalue weighted by Gasteiger charge is 2.15. The van der Waals surface area contributed by atoms with Crippen LogP contribution in [0.4, 0.5) is 5.82 Å². The van der Waals surface area contributed by atoms with Gasteiger partial charge in [0.05, 0.1) is 12.2 Å². The van der Waals surface area contributed by atoms with Gasteiger partial charge in [0.2, 0.25) is 0 Å². The average molecular weight is 250 g/mol. The lowest BCUT2D eigenvalue weighted by Gasteiger charge is -2.20. The van der Waals surface area contributed by atoms with Crippen molar-refractivity contribution in [2.24, 2.45) is 12.8 Å². The van der Waals surface area contributed by atoms with Crippen LogP contribution in [0.15, 0.2) is 17.5 Å². The topological polar surface area (TPSA) is 47.1 Å². The zero-order valence-corrected chi connectivity index (χ0v) is 11.3. The minimum absolute atomic E-state index is 0.532. The van der Waals surface area contributed by atoms with Gasteiger partial charge in [0.1, 0.15) is 5.82 Å². The van der Waals surface area contributed by atoms with E-state index in [-0.39, 0.29) is 0 Å². The van der Waals surface area contributed by atoms with Gasteiger partial charge >= 0.3 is 0 Å². The number of aromatic nitrogens is 2. The molecule has 0 saturated carbocycles. The van der Waals surface area contributed by atoms with Gasteiger partial charge in [0, 0.05) is 31.1 Å². The molecule has 0 saturated heterocycles. The lowest BCUT2D eigenvalue weighted by molar-refractivity contribution is 0.727. The first-order valence-corrected chi connectivity index (χ1v) is 6.47. The minimum atomic E-state index is 0.532. The maximum Gasteiger partial charge on any atom is 0.131 e. The molecule has 0 spiro atoms. The molecule has 2 heterocycles. The van der Waals surface area contributed by atoms with E-state index in [0.717, 1.165) is 23.6 Å². The van der Waals surface area contributed by atoms with Gasteiger partial charge in [-0.2, -0.15) is 5.10 Å². The third kappa shape index (κ3) is 2.35. The number of nitrogens with zero attached hydrogens (tertiary/aromatic N) is 3. The first kappa shape index (κ1) is 12.1. The van der Waals surface area contributed by atoms with Gasteiger partial charge in [-0.05, 0) is 18.4 Å². The number of aryl methyl sites for hydroxylation is 2. The molecule has 2 aromatic heterocycles. The van der Waals surface area contributed by atoms with E-state index in [1.165, 1.54) is 4.88 Å². The van der Waals surface area contributed by atoms with E-state index < -0.39 is 0 Å². The van der Waals surface area contributed by atoms with Gasteiger partial charge in [0.25, 0.3) is 0 Å². The summed E-state index contributed by atoms with van der Waals surface area (Å²) in [5, 5.41) is 6.53. The Morgan fingerprint density at radius 2 is 2.29 bits per heavy atom. The molecule has 0 aromatic carbocycles. The second kappa shape index (κ2) is 4.89. The van der Waals surface area contributed by atoms with Crippen LogP contribution >= 0.6 is 11.3 Å². The first-order chi connectivity index (χ1) is 8.13. The molecule has 2 aromatic rings. The second-order valence-corrected chi connectivity index (χ2v) is 5.18. The van der Waals surface area contributed by atoms with Gasteiger partial charge in [0.15, 0.2) is 0 Å². The molecule has 4 nitrogen and oxygen atoms in total. The fraction of sp³-hybridized carbons (Fsp3) is 0.417. The van der Waals surface area contributed by atoms with Crippen LogP contribution in [0.25, 0.3) is 0 Å². The Balaban J connectivity index is 2.27. The number of thiophene rings is 1. The Kier molecular flexibility index (Phi) is 3.49. The van der Waals surface area contributed by atoms with Crippen LogP contribution in [0.2, 0.25) is 0 Å². The van der Waals surface area contributed by atoms with Crippen molar-refractivity contribution in [3.8, 4) is 0 Å². The standard InChI is InChI=1S/C12H18N4S/c1-9-11(7-13)12(16(3)14-9)15(2)8-10-5-4-6-17-10/h4-6H,7-8,13H2,1-3H3. The summed E-state index contributed by atoms with van der Waals surface area (Å²) in [6.45, 7) is 3.43. The van der Waals surface area contributed by atoms with Crippen molar-refractivity contribution in [3.05, 3.63) is 33.6 Å². The summed E-state index contributed by atoms with van der Waals surface area (Å²) in [6, 6.07) is 4.22. The van der Waals surface area contributed by atoms with Crippen LogP contribution in [-0.4, -0.2) is 16.8 Å². The summed E-state index contributed by atoms with van der Waals surface area (Å²) in [5.74, 6) is 1.11. The van der Waals surface area contributed by atoms with Crippen LogP contribution in [0, 0.1) is 6.92 Å². The average Bonchev–Trinajstić information content (AvgIpc) is 2.85. The summed E-state index contributed by atoms with van der Waals surface area (Å²) in [7, 11) is 4.04. The highest BCUT2D eigenvalue weighted by atomic mass is 32.1. The van der Waals surface area contributed by atoms with Crippen molar-refractivity contribution in [1.29, 1.82) is 0 Å². The van der Waals surface area contributed by atoms with E-state index in [1.807, 2.05) is 18.7 Å². The molecule has 17 heavy (non-hydrogen) atoms. The van der Waals surface area contributed by atoms with Crippen molar-refractivity contribution in [3.63, 3.8) is 0 Å². The quantitative estimate of drug-likeness (QED) is 0.901. The van der Waals surface area contributed by atoms with Crippen molar-refractivity contribution < 1.29 is 0 Å². The Morgan fingerprint density at radius 3 is 2.88 bits per heavy atom. The van der Waals surface area contributed by atoms with Crippen molar-refractivity contribution in [1.82, 2.24) is 9.78 Å². The van der Waals surface area contributed by atoms with Gasteiger partial charge in [-0.15, -0.1) is 11.3 Å². The molecule has 0 bridgehead atoms. The summed E-state index contributed by atoms with van der Waals surface area (Å²) in [4.78, 5) is 3.54. The highest BCUT2D eigenvalue weighted by Crippen LogP contribution is 2.24. The molecule has 0 aliphatic carbocycles. The molecule has 0 amide bonds. The lowest BCUT2D eigenvalue weighted by Crippen LogP contribution is -2.20. The van der Waals surface area contributed by atoms with Gasteiger partial charge in [-0.25, -0.2) is 0 Å². The fourth-order valence-corrected chi connectivity index (χ4v) is 2.87. The lowest BCUT2D eigenvalue weighted by atomic mass is 10.2. The summed E-state index contributed by atoms with van der Waals surface area (Å²) >= 11 is 1.77.